The normalized spacial score (nSPS) is 29.7. The van der Waals surface area contributed by atoms with Gasteiger partial charge in [-0.05, 0) is 111 Å². The van der Waals surface area contributed by atoms with Gasteiger partial charge in [0.05, 0.1) is 39.6 Å². The molecular weight excluding hydrogens is 684 g/mol. The molecule has 0 amide bonds. The predicted octanol–water partition coefficient (Wildman–Crippen LogP) is 11.0. The number of benzene rings is 2. The van der Waals surface area contributed by atoms with Gasteiger partial charge in [-0.3, -0.25) is 0 Å². The van der Waals surface area contributed by atoms with Crippen molar-refractivity contribution in [3.05, 3.63) is 69.8 Å². The van der Waals surface area contributed by atoms with Crippen molar-refractivity contribution in [2.45, 2.75) is 141 Å². The van der Waals surface area contributed by atoms with Crippen molar-refractivity contribution in [3.63, 3.8) is 0 Å². The predicted molar refractivity (Wildman–Crippen MR) is 198 cm³/mol. The van der Waals surface area contributed by atoms with Gasteiger partial charge in [0.1, 0.15) is 23.3 Å². The molecule has 2 saturated carbocycles. The summed E-state index contributed by atoms with van der Waals surface area (Å²) in [5.74, 6) is -0.500. The summed E-state index contributed by atoms with van der Waals surface area (Å²) < 4.78 is 90.5. The van der Waals surface area contributed by atoms with Crippen molar-refractivity contribution < 1.29 is 41.2 Å². The van der Waals surface area contributed by atoms with Crippen LogP contribution in [0.4, 0.5) is 17.6 Å². The summed E-state index contributed by atoms with van der Waals surface area (Å²) in [7, 11) is 0. The molecule has 2 heterocycles. The zero-order valence-corrected chi connectivity index (χ0v) is 32.0. The Kier molecular flexibility index (Phi) is 15.5. The molecule has 53 heavy (non-hydrogen) atoms. The lowest BCUT2D eigenvalue weighted by atomic mass is 9.78. The molecule has 0 atom stereocenters. The molecule has 6 rings (SSSR count). The quantitative estimate of drug-likeness (QED) is 0.126. The van der Waals surface area contributed by atoms with E-state index in [2.05, 4.69) is 13.8 Å². The zero-order chi connectivity index (χ0) is 37.2. The van der Waals surface area contributed by atoms with E-state index in [-0.39, 0.29) is 61.6 Å². The van der Waals surface area contributed by atoms with Crippen molar-refractivity contribution in [2.24, 2.45) is 23.7 Å². The fourth-order valence-electron chi connectivity index (χ4n) is 9.07. The average molecular weight is 747 g/mol. The van der Waals surface area contributed by atoms with Crippen LogP contribution in [0.15, 0.2) is 24.3 Å². The maximum Gasteiger partial charge on any atom is 0.160 e. The number of rotatable bonds is 16. The number of unbranched alkanes of at least 4 members (excludes halogenated alkanes) is 2. The summed E-state index contributed by atoms with van der Waals surface area (Å²) in [6.07, 6.45) is 13.8. The molecule has 0 unspecified atom stereocenters. The second-order valence-electron chi connectivity index (χ2n) is 16.3. The molecule has 2 aliphatic carbocycles. The summed E-state index contributed by atoms with van der Waals surface area (Å²) in [6, 6.07) is 5.87. The van der Waals surface area contributed by atoms with Crippen molar-refractivity contribution in [1.29, 1.82) is 0 Å². The Bertz CT molecular complexity index is 1250. The maximum absolute atomic E-state index is 15.2. The number of hydrogen-bond acceptors (Lipinski definition) is 5. The SMILES string of the molecule is CCCCC1COC(C2CCC(c3cc(F)c(CCOCCc4c(F)cc(C5CCC(C6OCC(CCCC)CO6)CC5)cc4F)c(F)c3)CC2)OC1. The first-order valence-corrected chi connectivity index (χ1v) is 20.8. The van der Waals surface area contributed by atoms with Crippen LogP contribution in [-0.2, 0) is 36.5 Å². The summed E-state index contributed by atoms with van der Waals surface area (Å²) in [4.78, 5) is 0. The highest BCUT2D eigenvalue weighted by molar-refractivity contribution is 5.30. The van der Waals surface area contributed by atoms with Crippen LogP contribution in [0.1, 0.15) is 138 Å². The highest BCUT2D eigenvalue weighted by atomic mass is 19.1. The van der Waals surface area contributed by atoms with E-state index < -0.39 is 23.3 Å². The van der Waals surface area contributed by atoms with E-state index in [1.807, 2.05) is 0 Å². The van der Waals surface area contributed by atoms with Crippen molar-refractivity contribution in [1.82, 2.24) is 0 Å². The smallest absolute Gasteiger partial charge is 0.160 e. The maximum atomic E-state index is 15.2. The highest BCUT2D eigenvalue weighted by Crippen LogP contribution is 2.41. The standard InChI is InChI=1S/C44H62F4O5/c1-3-5-7-29-25-50-43(51-26-29)33-13-9-31(10-14-33)35-21-39(45)37(40(46)22-35)17-19-49-20-18-38-41(47)23-36(24-42(38)48)32-11-15-34(16-12-32)44-52-27-30(28-53-44)8-6-4-2/h21-24,29-34,43-44H,3-20,25-28H2,1-2H3. The monoisotopic (exact) mass is 746 g/mol. The molecule has 2 aliphatic heterocycles. The lowest BCUT2D eigenvalue weighted by Crippen LogP contribution is -2.38. The fourth-order valence-corrected chi connectivity index (χ4v) is 9.07. The Balaban J connectivity index is 0.899. The molecule has 4 aliphatic rings. The van der Waals surface area contributed by atoms with Crippen LogP contribution in [0.3, 0.4) is 0 Å². The second-order valence-corrected chi connectivity index (χ2v) is 16.3. The van der Waals surface area contributed by atoms with Gasteiger partial charge >= 0.3 is 0 Å². The molecule has 296 valence electrons. The van der Waals surface area contributed by atoms with Crippen LogP contribution in [0.5, 0.6) is 0 Å². The summed E-state index contributed by atoms with van der Waals surface area (Å²) in [6.45, 7) is 7.50. The zero-order valence-electron chi connectivity index (χ0n) is 32.0. The highest BCUT2D eigenvalue weighted by Gasteiger charge is 2.35. The van der Waals surface area contributed by atoms with E-state index in [9.17, 15) is 0 Å². The van der Waals surface area contributed by atoms with Gasteiger partial charge in [0, 0.05) is 47.6 Å². The Morgan fingerprint density at radius 1 is 0.528 bits per heavy atom. The van der Waals surface area contributed by atoms with Gasteiger partial charge < -0.3 is 23.7 Å². The molecular formula is C44H62F4O5. The lowest BCUT2D eigenvalue weighted by molar-refractivity contribution is -0.229. The average Bonchev–Trinajstić information content (AvgIpc) is 3.18. The van der Waals surface area contributed by atoms with Crippen molar-refractivity contribution in [3.8, 4) is 0 Å². The first-order chi connectivity index (χ1) is 25.8. The third kappa shape index (κ3) is 11.1. The van der Waals surface area contributed by atoms with E-state index in [1.165, 1.54) is 49.9 Å². The fraction of sp³-hybridized carbons (Fsp3) is 0.727. The van der Waals surface area contributed by atoms with Gasteiger partial charge in [-0.2, -0.15) is 0 Å². The minimum Gasteiger partial charge on any atom is -0.381 e. The molecule has 0 spiro atoms. The molecule has 0 aromatic heterocycles. The van der Waals surface area contributed by atoms with Gasteiger partial charge in [-0.15, -0.1) is 0 Å². The molecule has 2 saturated heterocycles. The van der Waals surface area contributed by atoms with Crippen LogP contribution < -0.4 is 0 Å². The number of hydrogen-bond donors (Lipinski definition) is 0. The summed E-state index contributed by atoms with van der Waals surface area (Å²) >= 11 is 0. The van der Waals surface area contributed by atoms with E-state index in [0.29, 0.717) is 34.8 Å². The number of ether oxygens (including phenoxy) is 5. The summed E-state index contributed by atoms with van der Waals surface area (Å²) in [5.41, 5.74) is 1.36. The van der Waals surface area contributed by atoms with Gasteiger partial charge in [0.2, 0.25) is 0 Å². The second kappa shape index (κ2) is 20.2. The Morgan fingerprint density at radius 2 is 0.868 bits per heavy atom. The van der Waals surface area contributed by atoms with Gasteiger partial charge in [0.15, 0.2) is 12.6 Å². The van der Waals surface area contributed by atoms with E-state index in [0.717, 1.165) is 90.6 Å². The number of halogens is 4. The summed E-state index contributed by atoms with van der Waals surface area (Å²) in [5, 5.41) is 0. The minimum absolute atomic E-state index is 0.0155. The first-order valence-electron chi connectivity index (χ1n) is 20.8. The molecule has 2 aromatic carbocycles. The Hall–Kier alpha value is -2.04. The first kappa shape index (κ1) is 40.6. The van der Waals surface area contributed by atoms with Gasteiger partial charge in [-0.1, -0.05) is 39.5 Å². The van der Waals surface area contributed by atoms with E-state index in [1.54, 1.807) is 0 Å². The third-order valence-electron chi connectivity index (χ3n) is 12.5. The topological polar surface area (TPSA) is 46.2 Å². The molecule has 0 radical (unpaired) electrons. The largest absolute Gasteiger partial charge is 0.381 e. The molecule has 0 N–H and O–H groups in total. The lowest BCUT2D eigenvalue weighted by Gasteiger charge is -2.37. The van der Waals surface area contributed by atoms with Crippen molar-refractivity contribution >= 4 is 0 Å². The Labute approximate surface area is 314 Å². The van der Waals surface area contributed by atoms with E-state index in [4.69, 9.17) is 23.7 Å². The van der Waals surface area contributed by atoms with Crippen LogP contribution >= 0.6 is 0 Å². The third-order valence-corrected chi connectivity index (χ3v) is 12.5. The van der Waals surface area contributed by atoms with Crippen LogP contribution in [-0.4, -0.2) is 52.2 Å². The molecule has 0 bridgehead atoms. The molecule has 2 aromatic rings. The Morgan fingerprint density at radius 3 is 1.19 bits per heavy atom. The molecule has 4 fully saturated rings. The van der Waals surface area contributed by atoms with Crippen molar-refractivity contribution in [2.75, 3.05) is 39.6 Å². The minimum atomic E-state index is -0.570. The van der Waals surface area contributed by atoms with Crippen LogP contribution in [0.2, 0.25) is 0 Å². The van der Waals surface area contributed by atoms with E-state index >= 15 is 17.6 Å². The molecule has 9 heteroatoms. The molecule has 5 nitrogen and oxygen atoms in total. The van der Waals surface area contributed by atoms with Crippen LogP contribution in [0.25, 0.3) is 0 Å². The van der Waals surface area contributed by atoms with Gasteiger partial charge in [-0.25, -0.2) is 17.6 Å². The van der Waals surface area contributed by atoms with Crippen LogP contribution in [0, 0.1) is 46.9 Å². The van der Waals surface area contributed by atoms with Gasteiger partial charge in [0.25, 0.3) is 0 Å².